The Hall–Kier alpha value is -4.10. The van der Waals surface area contributed by atoms with Crippen molar-refractivity contribution in [2.24, 2.45) is 0 Å². The molecular formula is C50H79N3O16P2. The number of nitrogens with two attached hydrogens (primary N) is 1. The number of carbonyl (C=O) groups is 2. The van der Waals surface area contributed by atoms with Crippen LogP contribution in [0.25, 0.3) is 0 Å². The molecule has 0 amide bonds. The average Bonchev–Trinajstić information content (AvgIpc) is 3.61. The molecule has 2 rings (SSSR count). The fourth-order valence-electron chi connectivity index (χ4n) is 6.71. The third-order valence-electron chi connectivity index (χ3n) is 10.5. The summed E-state index contributed by atoms with van der Waals surface area (Å²) in [5.74, 6) is -1.41. The van der Waals surface area contributed by atoms with Crippen molar-refractivity contribution in [3.8, 4) is 0 Å². The second-order valence-electron chi connectivity index (χ2n) is 16.7. The fraction of sp³-hybridized carbons (Fsp3) is 0.600. The number of aliphatic hydroxyl groups excluding tert-OH is 3. The zero-order chi connectivity index (χ0) is 52.0. The van der Waals surface area contributed by atoms with Gasteiger partial charge in [0.1, 0.15) is 30.7 Å². The summed E-state index contributed by atoms with van der Waals surface area (Å²) in [7, 11) is -10.9. The van der Waals surface area contributed by atoms with Crippen molar-refractivity contribution < 1.29 is 71.4 Å². The second kappa shape index (κ2) is 38.5. The van der Waals surface area contributed by atoms with Crippen molar-refractivity contribution in [3.63, 3.8) is 0 Å². The number of nitrogens with zero attached hydrogens (tertiary/aromatic N) is 2. The molecule has 2 unspecified atom stereocenters. The number of aromatic nitrogens is 2. The van der Waals surface area contributed by atoms with Crippen molar-refractivity contribution in [1.29, 1.82) is 0 Å². The van der Waals surface area contributed by atoms with E-state index in [4.69, 9.17) is 34.1 Å². The predicted molar refractivity (Wildman–Crippen MR) is 271 cm³/mol. The first-order valence-electron chi connectivity index (χ1n) is 24.7. The maximum Gasteiger partial charge on any atom is 0.481 e. The zero-order valence-corrected chi connectivity index (χ0v) is 43.0. The molecule has 21 heteroatoms. The van der Waals surface area contributed by atoms with E-state index in [0.29, 0.717) is 25.7 Å². The van der Waals surface area contributed by atoms with Gasteiger partial charge in [-0.2, -0.15) is 9.29 Å². The number of phosphoric ester groups is 2. The topological polar surface area (TPSA) is 286 Å². The van der Waals surface area contributed by atoms with Gasteiger partial charge in [-0.25, -0.2) is 13.9 Å². The van der Waals surface area contributed by atoms with Crippen LogP contribution in [0.3, 0.4) is 0 Å². The van der Waals surface area contributed by atoms with Gasteiger partial charge in [0.25, 0.3) is 0 Å². The van der Waals surface area contributed by atoms with Gasteiger partial charge in [-0.05, 0) is 96.0 Å². The summed E-state index contributed by atoms with van der Waals surface area (Å²) in [6.45, 7) is -0.0440. The van der Waals surface area contributed by atoms with Crippen LogP contribution in [0.4, 0.5) is 5.82 Å². The van der Waals surface area contributed by atoms with Gasteiger partial charge in [0, 0.05) is 25.6 Å². The third-order valence-corrected chi connectivity index (χ3v) is 13.1. The van der Waals surface area contributed by atoms with E-state index in [2.05, 4.69) is 83.1 Å². The lowest BCUT2D eigenvalue weighted by Gasteiger charge is -2.21. The number of phosphoric acid groups is 2. The molecule has 0 bridgehead atoms. The number of ether oxygens (including phenoxy) is 3. The van der Waals surface area contributed by atoms with E-state index >= 15 is 0 Å². The maximum atomic E-state index is 12.8. The van der Waals surface area contributed by atoms with E-state index in [0.717, 1.165) is 101 Å². The normalized spacial score (nSPS) is 19.9. The number of unbranched alkanes of at least 4 members (excludes halogenated alkanes) is 9. The number of anilines is 1. The number of rotatable bonds is 40. The number of allylic oxidation sites excluding steroid dienone is 14. The molecule has 71 heavy (non-hydrogen) atoms. The van der Waals surface area contributed by atoms with Crippen LogP contribution in [0.2, 0.25) is 0 Å². The lowest BCUT2D eigenvalue weighted by Crippen LogP contribution is -2.36. The molecule has 7 N–H and O–H groups in total. The molecule has 0 spiro atoms. The summed E-state index contributed by atoms with van der Waals surface area (Å²) in [5, 5.41) is 29.7. The summed E-state index contributed by atoms with van der Waals surface area (Å²) < 4.78 is 56.6. The van der Waals surface area contributed by atoms with Gasteiger partial charge in [-0.15, -0.1) is 0 Å². The summed E-state index contributed by atoms with van der Waals surface area (Å²) in [4.78, 5) is 61.8. The third kappa shape index (κ3) is 31.2. The molecule has 7 atom stereocenters. The van der Waals surface area contributed by atoms with Crippen LogP contribution in [0, 0.1) is 0 Å². The smallest absolute Gasteiger partial charge is 0.462 e. The van der Waals surface area contributed by atoms with Gasteiger partial charge in [0.15, 0.2) is 12.3 Å². The Labute approximate surface area is 419 Å². The van der Waals surface area contributed by atoms with Crippen LogP contribution in [0.1, 0.15) is 142 Å². The van der Waals surface area contributed by atoms with Gasteiger partial charge < -0.3 is 45.1 Å². The van der Waals surface area contributed by atoms with Crippen LogP contribution in [0.5, 0.6) is 0 Å². The Balaban J connectivity index is 1.84. The number of hydrogen-bond acceptors (Lipinski definition) is 16. The van der Waals surface area contributed by atoms with Gasteiger partial charge in [0.05, 0.1) is 13.2 Å². The largest absolute Gasteiger partial charge is 0.481 e. The fourth-order valence-corrected chi connectivity index (χ4v) is 8.82. The summed E-state index contributed by atoms with van der Waals surface area (Å²) >= 11 is 0. The van der Waals surface area contributed by atoms with Crippen molar-refractivity contribution in [1.82, 2.24) is 9.55 Å². The minimum Gasteiger partial charge on any atom is -0.462 e. The van der Waals surface area contributed by atoms with Crippen molar-refractivity contribution in [3.05, 3.63) is 108 Å². The quantitative estimate of drug-likeness (QED) is 0.0155. The molecule has 1 fully saturated rings. The Morgan fingerprint density at radius 2 is 1.21 bits per heavy atom. The summed E-state index contributed by atoms with van der Waals surface area (Å²) in [6.07, 6.45) is 38.3. The molecule has 1 aliphatic heterocycles. The molecule has 2 heterocycles. The minimum absolute atomic E-state index is 0.0443. The average molecular weight is 1040 g/mol. The predicted octanol–water partition coefficient (Wildman–Crippen LogP) is 8.86. The van der Waals surface area contributed by atoms with E-state index in [-0.39, 0.29) is 25.3 Å². The Morgan fingerprint density at radius 3 is 1.79 bits per heavy atom. The number of hydrogen-bond donors (Lipinski definition) is 6. The molecule has 1 aromatic heterocycles. The highest BCUT2D eigenvalue weighted by atomic mass is 31.3. The molecule has 1 aliphatic rings. The first-order chi connectivity index (χ1) is 34.2. The van der Waals surface area contributed by atoms with Gasteiger partial charge in [-0.3, -0.25) is 23.2 Å². The molecule has 0 aromatic carbocycles. The van der Waals surface area contributed by atoms with Gasteiger partial charge in [0.2, 0.25) is 0 Å². The van der Waals surface area contributed by atoms with E-state index < -0.39 is 83.7 Å². The highest BCUT2D eigenvalue weighted by Crippen LogP contribution is 2.60. The van der Waals surface area contributed by atoms with Crippen molar-refractivity contribution >= 4 is 33.4 Å². The molecule has 400 valence electrons. The van der Waals surface area contributed by atoms with E-state index in [1.54, 1.807) is 0 Å². The SMILES string of the molecule is CC/C=C\C/C=C\C/C=C\CCCCCCCC(=O)OC[C@H](COP(=O)(O)OP(=O)(O)OC[C@H]1O[C@@H](n2ccc(N)nc2=O)[C@H](O)[C@@H]1O)OC(=O)CCC/C=C\C/C=C\C/C=C\C/C=C\CCCCCO. The van der Waals surface area contributed by atoms with E-state index in [1.807, 2.05) is 18.2 Å². The van der Waals surface area contributed by atoms with Crippen LogP contribution in [-0.4, -0.2) is 97.4 Å². The van der Waals surface area contributed by atoms with Crippen LogP contribution < -0.4 is 11.4 Å². The maximum absolute atomic E-state index is 12.8. The number of carbonyl (C=O) groups excluding carboxylic acids is 2. The van der Waals surface area contributed by atoms with Gasteiger partial charge >= 0.3 is 33.3 Å². The van der Waals surface area contributed by atoms with Crippen molar-refractivity contribution in [2.45, 2.75) is 166 Å². The lowest BCUT2D eigenvalue weighted by molar-refractivity contribution is -0.161. The summed E-state index contributed by atoms with van der Waals surface area (Å²) in [5.41, 5.74) is 4.57. The molecule has 19 nitrogen and oxygen atoms in total. The molecule has 0 aliphatic carbocycles. The molecular weight excluding hydrogens is 961 g/mol. The Kier molecular flexibility index (Phi) is 34.2. The van der Waals surface area contributed by atoms with Crippen LogP contribution >= 0.6 is 15.6 Å². The van der Waals surface area contributed by atoms with Crippen molar-refractivity contribution in [2.75, 3.05) is 32.2 Å². The highest BCUT2D eigenvalue weighted by molar-refractivity contribution is 7.61. The Morgan fingerprint density at radius 1 is 0.704 bits per heavy atom. The van der Waals surface area contributed by atoms with E-state index in [9.17, 15) is 43.5 Å². The standard InChI is InChI=1S/C50H79N3O16P2/c1-2-3-4-5-6-7-8-9-13-16-19-22-25-28-31-34-45(55)64-39-42(67-46(56)35-32-29-26-23-20-17-14-11-10-12-15-18-21-24-27-30-33-38-54)40-65-70(60,61)69-71(62,63)66-41-43-47(57)48(58)49(68-43)53-37-36-44(51)52-50(53)59/h3-4,6-7,9-10,12-14,17-18,21,23,26,36-37,42-43,47-49,54,57-58H,2,5,8,11,15-16,19-20,22,24-25,27-35,38-41H2,1H3,(H,60,61)(H,62,63)(H2,51,52,59)/b4-3-,7-6-,12-10-,13-9-,17-14-,21-18-,26-23-/t42-,43-,47-,48-,49-/m1/s1. The summed E-state index contributed by atoms with van der Waals surface area (Å²) in [6, 6.07) is 1.24. The molecule has 0 radical (unpaired) electrons. The first kappa shape index (κ1) is 63.0. The molecule has 1 aromatic rings. The monoisotopic (exact) mass is 1040 g/mol. The second-order valence-corrected chi connectivity index (χ2v) is 19.7. The molecule has 0 saturated carbocycles. The first-order valence-corrected chi connectivity index (χ1v) is 27.7. The van der Waals surface area contributed by atoms with E-state index in [1.165, 1.54) is 6.07 Å². The molecule has 1 saturated heterocycles. The Bertz CT molecular complexity index is 2020. The highest BCUT2D eigenvalue weighted by Gasteiger charge is 2.46. The lowest BCUT2D eigenvalue weighted by atomic mass is 10.1. The van der Waals surface area contributed by atoms with Crippen LogP contribution in [-0.2, 0) is 46.3 Å². The number of esters is 2. The number of aliphatic hydroxyl groups is 3. The zero-order valence-electron chi connectivity index (χ0n) is 41.2. The minimum atomic E-state index is -5.45. The van der Waals surface area contributed by atoms with Gasteiger partial charge in [-0.1, -0.05) is 118 Å². The number of nitrogen functional groups attached to an aromatic ring is 1. The van der Waals surface area contributed by atoms with Crippen LogP contribution in [0.15, 0.2) is 102 Å².